The number of sulfone groups is 1. The Morgan fingerprint density at radius 2 is 1.95 bits per heavy atom. The van der Waals surface area contributed by atoms with Crippen LogP contribution >= 0.6 is 0 Å². The van der Waals surface area contributed by atoms with Crippen molar-refractivity contribution in [3.63, 3.8) is 0 Å². The largest absolute Gasteiger partial charge is 0.323 e. The third-order valence-corrected chi connectivity index (χ3v) is 6.22. The molecular weight excluding hydrogens is 314 g/mol. The Hall–Kier alpha value is -1.16. The SMILES string of the molecule is CCC1CC1NS(=O)(=O)c1cc(S(C)(=O)=O)ccc1NN. The van der Waals surface area contributed by atoms with Crippen molar-refractivity contribution >= 4 is 25.5 Å². The van der Waals surface area contributed by atoms with Crippen molar-refractivity contribution in [3.8, 4) is 0 Å². The Kier molecular flexibility index (Phi) is 4.29. The van der Waals surface area contributed by atoms with E-state index in [0.717, 1.165) is 25.2 Å². The van der Waals surface area contributed by atoms with Crippen LogP contribution in [0.25, 0.3) is 0 Å². The van der Waals surface area contributed by atoms with Gasteiger partial charge in [-0.1, -0.05) is 13.3 Å². The van der Waals surface area contributed by atoms with Crippen molar-refractivity contribution in [2.24, 2.45) is 11.8 Å². The molecule has 9 heteroatoms. The maximum atomic E-state index is 12.4. The second kappa shape index (κ2) is 5.56. The molecule has 1 aromatic rings. The van der Waals surface area contributed by atoms with Gasteiger partial charge < -0.3 is 5.43 Å². The summed E-state index contributed by atoms with van der Waals surface area (Å²) in [5, 5.41) is 0. The first-order chi connectivity index (χ1) is 9.69. The highest BCUT2D eigenvalue weighted by Crippen LogP contribution is 2.35. The zero-order valence-electron chi connectivity index (χ0n) is 11.8. The fourth-order valence-electron chi connectivity index (χ4n) is 2.18. The quantitative estimate of drug-likeness (QED) is 0.514. The highest BCUT2D eigenvalue weighted by atomic mass is 32.2. The van der Waals surface area contributed by atoms with Crippen molar-refractivity contribution in [1.29, 1.82) is 0 Å². The van der Waals surface area contributed by atoms with Crippen molar-refractivity contribution in [3.05, 3.63) is 18.2 Å². The topological polar surface area (TPSA) is 118 Å². The lowest BCUT2D eigenvalue weighted by Crippen LogP contribution is -2.28. The van der Waals surface area contributed by atoms with E-state index in [1.54, 1.807) is 0 Å². The molecule has 0 aromatic heterocycles. The smallest absolute Gasteiger partial charge is 0.242 e. The maximum Gasteiger partial charge on any atom is 0.242 e. The number of hydrogen-bond donors (Lipinski definition) is 3. The standard InChI is InChI=1S/C12H19N3O4S2/c1-3-8-6-11(8)15-21(18,19)12-7-9(20(2,16)17)4-5-10(12)14-13/h4-5,7-8,11,14-15H,3,6,13H2,1-2H3. The fourth-order valence-corrected chi connectivity index (χ4v) is 4.42. The molecule has 1 aliphatic carbocycles. The number of benzene rings is 1. The summed E-state index contributed by atoms with van der Waals surface area (Å²) in [6.45, 7) is 2.00. The predicted octanol–water partition coefficient (Wildman–Crippen LogP) is 0.453. The summed E-state index contributed by atoms with van der Waals surface area (Å²) in [7, 11) is -7.32. The van der Waals surface area contributed by atoms with Gasteiger partial charge in [-0.3, -0.25) is 5.84 Å². The van der Waals surface area contributed by atoms with Crippen molar-refractivity contribution in [2.45, 2.75) is 35.6 Å². The van der Waals surface area contributed by atoms with Gasteiger partial charge in [0.15, 0.2) is 9.84 Å². The molecule has 7 nitrogen and oxygen atoms in total. The van der Waals surface area contributed by atoms with E-state index in [1.165, 1.54) is 12.1 Å². The van der Waals surface area contributed by atoms with E-state index < -0.39 is 19.9 Å². The molecule has 1 aromatic carbocycles. The van der Waals surface area contributed by atoms with E-state index in [4.69, 9.17) is 5.84 Å². The predicted molar refractivity (Wildman–Crippen MR) is 79.9 cm³/mol. The molecule has 1 aliphatic rings. The van der Waals surface area contributed by atoms with Gasteiger partial charge in [-0.15, -0.1) is 0 Å². The van der Waals surface area contributed by atoms with E-state index in [0.29, 0.717) is 5.92 Å². The van der Waals surface area contributed by atoms with Gasteiger partial charge in [0.25, 0.3) is 0 Å². The molecule has 1 fully saturated rings. The summed E-state index contributed by atoms with van der Waals surface area (Å²) >= 11 is 0. The van der Waals surface area contributed by atoms with E-state index in [1.807, 2.05) is 6.92 Å². The second-order valence-electron chi connectivity index (χ2n) is 5.21. The van der Waals surface area contributed by atoms with Gasteiger partial charge in [0.2, 0.25) is 10.0 Å². The highest BCUT2D eigenvalue weighted by molar-refractivity contribution is 7.91. The lowest BCUT2D eigenvalue weighted by Gasteiger charge is -2.12. The summed E-state index contributed by atoms with van der Waals surface area (Å²) in [4.78, 5) is -0.223. The van der Waals surface area contributed by atoms with Crippen molar-refractivity contribution in [1.82, 2.24) is 4.72 Å². The van der Waals surface area contributed by atoms with Gasteiger partial charge in [0.1, 0.15) is 4.90 Å². The van der Waals surface area contributed by atoms with Gasteiger partial charge in [-0.2, -0.15) is 0 Å². The number of nitrogen functional groups attached to an aromatic ring is 1. The minimum Gasteiger partial charge on any atom is -0.323 e. The molecule has 2 rings (SSSR count). The van der Waals surface area contributed by atoms with E-state index in [9.17, 15) is 16.8 Å². The van der Waals surface area contributed by atoms with Crippen molar-refractivity contribution in [2.75, 3.05) is 11.7 Å². The van der Waals surface area contributed by atoms with E-state index >= 15 is 0 Å². The van der Waals surface area contributed by atoms with Gasteiger partial charge in [-0.25, -0.2) is 21.6 Å². The van der Waals surface area contributed by atoms with Gasteiger partial charge in [0, 0.05) is 12.3 Å². The summed E-state index contributed by atoms with van der Waals surface area (Å²) in [6, 6.07) is 3.69. The Labute approximate surface area is 124 Å². The van der Waals surface area contributed by atoms with Gasteiger partial charge >= 0.3 is 0 Å². The Bertz CT molecular complexity index is 744. The van der Waals surface area contributed by atoms with E-state index in [-0.39, 0.29) is 21.5 Å². The van der Waals surface area contributed by atoms with Crippen LogP contribution in [0.5, 0.6) is 0 Å². The summed E-state index contributed by atoms with van der Waals surface area (Å²) in [5.41, 5.74) is 2.44. The molecule has 2 atom stereocenters. The van der Waals surface area contributed by atoms with Crippen LogP contribution in [-0.2, 0) is 19.9 Å². The van der Waals surface area contributed by atoms with Crippen LogP contribution < -0.4 is 16.0 Å². The molecular formula is C12H19N3O4S2. The average molecular weight is 333 g/mol. The van der Waals surface area contributed by atoms with Crippen LogP contribution in [0, 0.1) is 5.92 Å². The van der Waals surface area contributed by atoms with Crippen molar-refractivity contribution < 1.29 is 16.8 Å². The maximum absolute atomic E-state index is 12.4. The molecule has 1 saturated carbocycles. The number of hydrogen-bond acceptors (Lipinski definition) is 6. The average Bonchev–Trinajstić information content (AvgIpc) is 3.14. The first-order valence-corrected chi connectivity index (χ1v) is 9.89. The summed E-state index contributed by atoms with van der Waals surface area (Å²) < 4.78 is 50.5. The molecule has 0 spiro atoms. The number of nitrogens with two attached hydrogens (primary N) is 1. The first-order valence-electron chi connectivity index (χ1n) is 6.52. The van der Waals surface area contributed by atoms with Gasteiger partial charge in [-0.05, 0) is 30.5 Å². The molecule has 2 unspecified atom stereocenters. The lowest BCUT2D eigenvalue weighted by atomic mass is 10.3. The van der Waals surface area contributed by atoms with Crippen LogP contribution in [0.15, 0.2) is 28.0 Å². The Morgan fingerprint density at radius 1 is 1.29 bits per heavy atom. The molecule has 0 radical (unpaired) electrons. The Morgan fingerprint density at radius 3 is 2.43 bits per heavy atom. The number of nitrogens with one attached hydrogen (secondary N) is 2. The summed E-state index contributed by atoms with van der Waals surface area (Å²) in [5.74, 6) is 5.65. The minimum absolute atomic E-state index is 0.0651. The zero-order valence-corrected chi connectivity index (χ0v) is 13.5. The first kappa shape index (κ1) is 16.2. The fraction of sp³-hybridized carbons (Fsp3) is 0.500. The summed E-state index contributed by atoms with van der Waals surface area (Å²) in [6.07, 6.45) is 2.72. The number of rotatable bonds is 6. The molecule has 0 saturated heterocycles. The number of sulfonamides is 1. The van der Waals surface area contributed by atoms with Crippen LogP contribution in [0.4, 0.5) is 5.69 Å². The molecule has 0 amide bonds. The van der Waals surface area contributed by atoms with Crippen LogP contribution in [0.2, 0.25) is 0 Å². The normalized spacial score (nSPS) is 22.0. The Balaban J connectivity index is 2.41. The van der Waals surface area contributed by atoms with E-state index in [2.05, 4.69) is 10.1 Å². The monoisotopic (exact) mass is 333 g/mol. The van der Waals surface area contributed by atoms with Crippen LogP contribution in [0.3, 0.4) is 0 Å². The number of hydrazine groups is 1. The zero-order chi connectivity index (χ0) is 15.8. The van der Waals surface area contributed by atoms with Crippen LogP contribution in [-0.4, -0.2) is 29.1 Å². The second-order valence-corrected chi connectivity index (χ2v) is 8.90. The molecule has 4 N–H and O–H groups in total. The van der Waals surface area contributed by atoms with Gasteiger partial charge in [0.05, 0.1) is 10.6 Å². The molecule has 0 aliphatic heterocycles. The molecule has 118 valence electrons. The highest BCUT2D eigenvalue weighted by Gasteiger charge is 2.39. The number of anilines is 1. The molecule has 0 bridgehead atoms. The molecule has 0 heterocycles. The third kappa shape index (κ3) is 3.54. The molecule has 21 heavy (non-hydrogen) atoms. The lowest BCUT2D eigenvalue weighted by molar-refractivity contribution is 0.576. The van der Waals surface area contributed by atoms with Crippen LogP contribution in [0.1, 0.15) is 19.8 Å². The third-order valence-electron chi connectivity index (χ3n) is 3.58. The minimum atomic E-state index is -3.82.